The first kappa shape index (κ1) is 18.4. The molecule has 2 unspecified atom stereocenters. The Morgan fingerprint density at radius 1 is 1.05 bits per heavy atom. The Labute approximate surface area is 119 Å². The predicted octanol–water partition coefficient (Wildman–Crippen LogP) is 1.71. The fourth-order valence-corrected chi connectivity index (χ4v) is 2.07. The van der Waals surface area contributed by atoms with Crippen molar-refractivity contribution in [3.8, 4) is 0 Å². The minimum Gasteiger partial charge on any atom is -0.469 e. The van der Waals surface area contributed by atoms with Crippen LogP contribution in [0.4, 0.5) is 0 Å². The quantitative estimate of drug-likeness (QED) is 0.500. The van der Waals surface area contributed by atoms with Crippen molar-refractivity contribution in [2.45, 2.75) is 40.5 Å². The molecule has 0 heterocycles. The second kappa shape index (κ2) is 8.55. The fraction of sp³-hybridized carbons (Fsp3) is 0.786. The predicted molar refractivity (Wildman–Crippen MR) is 71.8 cm³/mol. The molecule has 0 spiro atoms. The molecular formula is C14H24O6. The van der Waals surface area contributed by atoms with Crippen LogP contribution in [0.5, 0.6) is 0 Å². The van der Waals surface area contributed by atoms with Crippen LogP contribution in [0.2, 0.25) is 0 Å². The van der Waals surface area contributed by atoms with E-state index in [1.807, 2.05) is 0 Å². The van der Waals surface area contributed by atoms with Crippen LogP contribution in [-0.2, 0) is 28.6 Å². The molecule has 0 aromatic carbocycles. The molecule has 0 saturated carbocycles. The summed E-state index contributed by atoms with van der Waals surface area (Å²) in [6, 6.07) is 0. The van der Waals surface area contributed by atoms with Gasteiger partial charge in [-0.25, -0.2) is 0 Å². The highest BCUT2D eigenvalue weighted by molar-refractivity contribution is 5.89. The summed E-state index contributed by atoms with van der Waals surface area (Å²) in [5, 5.41) is 0. The largest absolute Gasteiger partial charge is 0.469 e. The first-order valence-corrected chi connectivity index (χ1v) is 6.80. The molecule has 2 atom stereocenters. The van der Waals surface area contributed by atoms with E-state index in [9.17, 15) is 14.4 Å². The van der Waals surface area contributed by atoms with E-state index in [0.717, 1.165) is 0 Å². The number of rotatable bonds is 8. The molecule has 0 radical (unpaired) electrons. The number of methoxy groups -OCH3 is 1. The summed E-state index contributed by atoms with van der Waals surface area (Å²) >= 11 is 0. The van der Waals surface area contributed by atoms with Gasteiger partial charge in [-0.1, -0.05) is 13.8 Å². The average molecular weight is 288 g/mol. The number of esters is 3. The molecule has 0 rings (SSSR count). The summed E-state index contributed by atoms with van der Waals surface area (Å²) in [5.74, 6) is -2.44. The van der Waals surface area contributed by atoms with Crippen LogP contribution in [0.1, 0.15) is 40.5 Å². The van der Waals surface area contributed by atoms with Crippen LogP contribution in [0.25, 0.3) is 0 Å². The van der Waals surface area contributed by atoms with E-state index in [4.69, 9.17) is 9.47 Å². The van der Waals surface area contributed by atoms with Gasteiger partial charge in [-0.3, -0.25) is 14.4 Å². The van der Waals surface area contributed by atoms with E-state index in [-0.39, 0.29) is 26.1 Å². The van der Waals surface area contributed by atoms with Gasteiger partial charge in [0.05, 0.1) is 38.1 Å². The zero-order valence-electron chi connectivity index (χ0n) is 12.9. The van der Waals surface area contributed by atoms with Crippen molar-refractivity contribution >= 4 is 17.9 Å². The number of ether oxygens (including phenoxy) is 3. The second-order valence-corrected chi connectivity index (χ2v) is 4.46. The van der Waals surface area contributed by atoms with Gasteiger partial charge in [0.1, 0.15) is 0 Å². The third kappa shape index (κ3) is 4.21. The third-order valence-corrected chi connectivity index (χ3v) is 3.47. The number of hydrogen-bond donors (Lipinski definition) is 0. The summed E-state index contributed by atoms with van der Waals surface area (Å²) in [7, 11) is 1.24. The van der Waals surface area contributed by atoms with E-state index < -0.39 is 29.2 Å². The van der Waals surface area contributed by atoms with Crippen LogP contribution >= 0.6 is 0 Å². The smallest absolute Gasteiger partial charge is 0.313 e. The minimum atomic E-state index is -1.25. The molecule has 0 fully saturated rings. The Kier molecular flexibility index (Phi) is 7.87. The molecule has 0 aliphatic carbocycles. The van der Waals surface area contributed by atoms with Gasteiger partial charge in [-0.2, -0.15) is 0 Å². The van der Waals surface area contributed by atoms with Crippen LogP contribution < -0.4 is 0 Å². The SMILES string of the molecule is CCOC(=O)C(C)C(CC)(CC(=O)OC)C(=O)OCC. The Hall–Kier alpha value is -1.59. The first-order chi connectivity index (χ1) is 9.39. The van der Waals surface area contributed by atoms with Gasteiger partial charge in [0.2, 0.25) is 0 Å². The highest BCUT2D eigenvalue weighted by atomic mass is 16.5. The molecule has 0 aliphatic rings. The van der Waals surface area contributed by atoms with Crippen LogP contribution in [0, 0.1) is 11.3 Å². The van der Waals surface area contributed by atoms with Gasteiger partial charge >= 0.3 is 17.9 Å². The van der Waals surface area contributed by atoms with E-state index in [1.165, 1.54) is 7.11 Å². The van der Waals surface area contributed by atoms with Crippen LogP contribution in [0.3, 0.4) is 0 Å². The summed E-state index contributed by atoms with van der Waals surface area (Å²) < 4.78 is 14.6. The molecule has 0 aliphatic heterocycles. The molecule has 0 amide bonds. The monoisotopic (exact) mass is 288 g/mol. The average Bonchev–Trinajstić information content (AvgIpc) is 2.44. The summed E-state index contributed by atoms with van der Waals surface area (Å²) in [5.41, 5.74) is -1.25. The van der Waals surface area contributed by atoms with E-state index in [1.54, 1.807) is 27.7 Å². The normalized spacial score (nSPS) is 14.8. The highest BCUT2D eigenvalue weighted by Gasteiger charge is 2.49. The van der Waals surface area contributed by atoms with Crippen molar-refractivity contribution in [3.63, 3.8) is 0 Å². The number of carbonyl (C=O) groups is 3. The summed E-state index contributed by atoms with van der Waals surface area (Å²) in [6.07, 6.45) is 0.0692. The molecule has 6 nitrogen and oxygen atoms in total. The van der Waals surface area contributed by atoms with Crippen molar-refractivity contribution in [2.75, 3.05) is 20.3 Å². The van der Waals surface area contributed by atoms with Crippen molar-refractivity contribution in [2.24, 2.45) is 11.3 Å². The Bertz CT molecular complexity index is 352. The van der Waals surface area contributed by atoms with Gasteiger partial charge in [0.15, 0.2) is 0 Å². The molecule has 20 heavy (non-hydrogen) atoms. The lowest BCUT2D eigenvalue weighted by Crippen LogP contribution is -2.44. The van der Waals surface area contributed by atoms with Crippen molar-refractivity contribution in [1.29, 1.82) is 0 Å². The maximum absolute atomic E-state index is 12.3. The summed E-state index contributed by atoms with van der Waals surface area (Å²) in [4.78, 5) is 35.8. The van der Waals surface area contributed by atoms with Gasteiger partial charge in [0, 0.05) is 0 Å². The molecule has 0 aromatic rings. The Morgan fingerprint density at radius 3 is 2.00 bits per heavy atom. The molecule has 0 saturated heterocycles. The molecule has 0 N–H and O–H groups in total. The van der Waals surface area contributed by atoms with Gasteiger partial charge in [0.25, 0.3) is 0 Å². The maximum Gasteiger partial charge on any atom is 0.313 e. The number of hydrogen-bond acceptors (Lipinski definition) is 6. The summed E-state index contributed by atoms with van der Waals surface area (Å²) in [6.45, 7) is 7.05. The Morgan fingerprint density at radius 2 is 1.60 bits per heavy atom. The van der Waals surface area contributed by atoms with Crippen LogP contribution in [0.15, 0.2) is 0 Å². The lowest BCUT2D eigenvalue weighted by atomic mass is 9.71. The molecule has 116 valence electrons. The fourth-order valence-electron chi connectivity index (χ4n) is 2.07. The number of carbonyl (C=O) groups excluding carboxylic acids is 3. The molecular weight excluding hydrogens is 264 g/mol. The van der Waals surface area contributed by atoms with Crippen molar-refractivity contribution < 1.29 is 28.6 Å². The van der Waals surface area contributed by atoms with Crippen molar-refractivity contribution in [3.05, 3.63) is 0 Å². The topological polar surface area (TPSA) is 78.9 Å². The Balaban J connectivity index is 5.44. The molecule has 0 aromatic heterocycles. The van der Waals surface area contributed by atoms with E-state index in [0.29, 0.717) is 0 Å². The highest BCUT2D eigenvalue weighted by Crippen LogP contribution is 2.38. The zero-order chi connectivity index (χ0) is 15.8. The van der Waals surface area contributed by atoms with Crippen LogP contribution in [-0.4, -0.2) is 38.2 Å². The van der Waals surface area contributed by atoms with E-state index >= 15 is 0 Å². The third-order valence-electron chi connectivity index (χ3n) is 3.47. The van der Waals surface area contributed by atoms with Gasteiger partial charge in [-0.05, 0) is 20.3 Å². The first-order valence-electron chi connectivity index (χ1n) is 6.80. The molecule has 0 bridgehead atoms. The van der Waals surface area contributed by atoms with Gasteiger partial charge < -0.3 is 14.2 Å². The minimum absolute atomic E-state index is 0.178. The lowest BCUT2D eigenvalue weighted by molar-refractivity contribution is -0.173. The van der Waals surface area contributed by atoms with Gasteiger partial charge in [-0.15, -0.1) is 0 Å². The second-order valence-electron chi connectivity index (χ2n) is 4.46. The molecule has 6 heteroatoms. The van der Waals surface area contributed by atoms with E-state index in [2.05, 4.69) is 4.74 Å². The van der Waals surface area contributed by atoms with Crippen molar-refractivity contribution in [1.82, 2.24) is 0 Å². The lowest BCUT2D eigenvalue weighted by Gasteiger charge is -2.33. The maximum atomic E-state index is 12.3. The zero-order valence-corrected chi connectivity index (χ0v) is 12.9. The standard InChI is InChI=1S/C14H24O6/c1-6-14(9-11(15)18-5,13(17)20-8-3)10(4)12(16)19-7-2/h10H,6-9H2,1-5H3.